The average molecular weight is 260 g/mol. The highest BCUT2D eigenvalue weighted by atomic mass is 32.2. The Morgan fingerprint density at radius 3 is 2.78 bits per heavy atom. The largest absolute Gasteiger partial charge is 0.288 e. The fraction of sp³-hybridized carbons (Fsp3) is 0.308. The zero-order chi connectivity index (χ0) is 12.1. The number of oxime groups is 2. The topological polar surface area (TPSA) is 43.2 Å². The molecule has 3 unspecified atom stereocenters. The van der Waals surface area contributed by atoms with E-state index in [4.69, 9.17) is 8.57 Å². The summed E-state index contributed by atoms with van der Waals surface area (Å²) < 4.78 is 10.6. The van der Waals surface area contributed by atoms with Crippen LogP contribution in [0.3, 0.4) is 0 Å². The Balaban J connectivity index is 1.78. The van der Waals surface area contributed by atoms with Gasteiger partial charge in [-0.05, 0) is 11.5 Å². The van der Waals surface area contributed by atoms with Crippen molar-refractivity contribution in [2.45, 2.75) is 19.3 Å². The Morgan fingerprint density at radius 2 is 1.94 bits per heavy atom. The fourth-order valence-electron chi connectivity index (χ4n) is 2.76. The highest BCUT2D eigenvalue weighted by Crippen LogP contribution is 2.43. The van der Waals surface area contributed by atoms with Crippen LogP contribution in [-0.4, -0.2) is 16.3 Å². The number of hydrogen-bond donors (Lipinski definition) is 0. The van der Waals surface area contributed by atoms with Crippen LogP contribution in [0.2, 0.25) is 0 Å². The van der Waals surface area contributed by atoms with Gasteiger partial charge in [0.05, 0.1) is 0 Å². The summed E-state index contributed by atoms with van der Waals surface area (Å²) in [6.07, 6.45) is 0.909. The normalized spacial score (nSPS) is 32.3. The zero-order valence-electron chi connectivity index (χ0n) is 9.87. The molecular formula is C13H12N2O2S. The molecule has 2 aliphatic heterocycles. The van der Waals surface area contributed by atoms with Crippen molar-refractivity contribution in [1.82, 2.24) is 0 Å². The van der Waals surface area contributed by atoms with E-state index in [0.29, 0.717) is 11.8 Å². The molecule has 4 rings (SSSR count). The molecule has 92 valence electrons. The molecule has 0 saturated heterocycles. The minimum atomic E-state index is -0.659. The maximum atomic E-state index is 5.29. The van der Waals surface area contributed by atoms with Gasteiger partial charge in [0, 0.05) is 12.3 Å². The second-order valence-electron chi connectivity index (χ2n) is 4.74. The number of hydrogen-bond acceptors (Lipinski definition) is 4. The Labute approximate surface area is 108 Å². The summed E-state index contributed by atoms with van der Waals surface area (Å²) >= 11 is -0.659. The van der Waals surface area contributed by atoms with E-state index in [-0.39, 0.29) is 0 Å². The van der Waals surface area contributed by atoms with E-state index in [1.165, 1.54) is 5.56 Å². The van der Waals surface area contributed by atoms with E-state index in [1.54, 1.807) is 0 Å². The average Bonchev–Trinajstić information content (AvgIpc) is 3.00. The van der Waals surface area contributed by atoms with Crippen LogP contribution in [0.4, 0.5) is 0 Å². The minimum Gasteiger partial charge on any atom is -0.288 e. The predicted molar refractivity (Wildman–Crippen MR) is 72.6 cm³/mol. The number of benzene rings is 1. The summed E-state index contributed by atoms with van der Waals surface area (Å²) in [5.74, 6) is 0.752. The fourth-order valence-corrected chi connectivity index (χ4v) is 3.94. The molecule has 3 aliphatic rings. The molecule has 3 atom stereocenters. The quantitative estimate of drug-likeness (QED) is 0.729. The molecule has 1 fully saturated rings. The molecular weight excluding hydrogens is 248 g/mol. The molecule has 5 heteroatoms. The molecule has 0 N–H and O–H groups in total. The van der Waals surface area contributed by atoms with Gasteiger partial charge in [0.15, 0.2) is 0 Å². The summed E-state index contributed by atoms with van der Waals surface area (Å²) in [5.41, 5.74) is 3.37. The summed E-state index contributed by atoms with van der Waals surface area (Å²) in [6.45, 7) is 2.20. The van der Waals surface area contributed by atoms with Gasteiger partial charge < -0.3 is 0 Å². The third-order valence-electron chi connectivity index (χ3n) is 3.76. The first kappa shape index (κ1) is 10.3. The summed E-state index contributed by atoms with van der Waals surface area (Å²) in [5, 5.41) is 8.32. The molecule has 1 saturated carbocycles. The predicted octanol–water partition coefficient (Wildman–Crippen LogP) is 2.85. The van der Waals surface area contributed by atoms with Gasteiger partial charge in [-0.15, -0.1) is 0 Å². The molecule has 1 aromatic rings. The molecule has 2 heterocycles. The molecule has 0 spiro atoms. The molecule has 0 aromatic heterocycles. The van der Waals surface area contributed by atoms with Crippen LogP contribution in [0.25, 0.3) is 0 Å². The number of rotatable bonds is 1. The van der Waals surface area contributed by atoms with Crippen molar-refractivity contribution in [3.8, 4) is 0 Å². The number of nitrogens with zero attached hydrogens (tertiary/aromatic N) is 2. The Kier molecular flexibility index (Phi) is 2.11. The van der Waals surface area contributed by atoms with E-state index in [0.717, 1.165) is 22.7 Å². The lowest BCUT2D eigenvalue weighted by Crippen LogP contribution is -2.37. The van der Waals surface area contributed by atoms with Gasteiger partial charge in [0.1, 0.15) is 16.3 Å². The van der Waals surface area contributed by atoms with Crippen molar-refractivity contribution >= 4 is 27.3 Å². The monoisotopic (exact) mass is 260 g/mol. The van der Waals surface area contributed by atoms with E-state index < -0.39 is 11.0 Å². The first-order valence-corrected chi connectivity index (χ1v) is 7.09. The van der Waals surface area contributed by atoms with E-state index in [9.17, 15) is 0 Å². The molecule has 0 bridgehead atoms. The summed E-state index contributed by atoms with van der Waals surface area (Å²) in [4.78, 5) is 1.09. The molecule has 1 aromatic carbocycles. The van der Waals surface area contributed by atoms with E-state index in [2.05, 4.69) is 41.5 Å². The zero-order valence-corrected chi connectivity index (χ0v) is 10.7. The SMILES string of the molecule is CC1C2=NOS3=C2C(=NO3)CC1c1ccccc1. The lowest BCUT2D eigenvalue weighted by molar-refractivity contribution is 0.306. The summed E-state index contributed by atoms with van der Waals surface area (Å²) in [6, 6.07) is 10.5. The maximum absolute atomic E-state index is 5.29. The first-order chi connectivity index (χ1) is 8.84. The Hall–Kier alpha value is -1.62. The van der Waals surface area contributed by atoms with Crippen LogP contribution in [0.15, 0.2) is 40.6 Å². The smallest absolute Gasteiger partial charge is 0.248 e. The van der Waals surface area contributed by atoms with Crippen LogP contribution in [-0.2, 0) is 8.57 Å². The lowest BCUT2D eigenvalue weighted by atomic mass is 9.74. The van der Waals surface area contributed by atoms with Crippen LogP contribution in [0, 0.1) is 5.92 Å². The molecule has 1 aliphatic carbocycles. The van der Waals surface area contributed by atoms with Crippen molar-refractivity contribution in [1.29, 1.82) is 0 Å². The lowest BCUT2D eigenvalue weighted by Gasteiger charge is -2.28. The Bertz CT molecular complexity index is 607. The minimum absolute atomic E-state index is 0.348. The van der Waals surface area contributed by atoms with Gasteiger partial charge in [-0.2, -0.15) is 0 Å². The van der Waals surface area contributed by atoms with Gasteiger partial charge in [-0.3, -0.25) is 8.57 Å². The molecule has 4 nitrogen and oxygen atoms in total. The molecule has 0 radical (unpaired) electrons. The van der Waals surface area contributed by atoms with Gasteiger partial charge in [0.2, 0.25) is 11.0 Å². The third-order valence-corrected chi connectivity index (χ3v) is 4.95. The first-order valence-electron chi connectivity index (χ1n) is 6.01. The van der Waals surface area contributed by atoms with Crippen molar-refractivity contribution in [3.63, 3.8) is 0 Å². The molecule has 0 amide bonds. The van der Waals surface area contributed by atoms with Gasteiger partial charge in [-0.25, -0.2) is 0 Å². The van der Waals surface area contributed by atoms with Crippen LogP contribution in [0.5, 0.6) is 0 Å². The van der Waals surface area contributed by atoms with Crippen LogP contribution in [0.1, 0.15) is 24.8 Å². The molecule has 18 heavy (non-hydrogen) atoms. The summed E-state index contributed by atoms with van der Waals surface area (Å²) in [7, 11) is 0. The Morgan fingerprint density at radius 1 is 1.17 bits per heavy atom. The van der Waals surface area contributed by atoms with E-state index in [1.807, 2.05) is 6.07 Å². The highest BCUT2D eigenvalue weighted by Gasteiger charge is 2.44. The van der Waals surface area contributed by atoms with Gasteiger partial charge in [-0.1, -0.05) is 47.6 Å². The maximum Gasteiger partial charge on any atom is 0.248 e. The van der Waals surface area contributed by atoms with Crippen molar-refractivity contribution in [3.05, 3.63) is 35.9 Å². The van der Waals surface area contributed by atoms with E-state index >= 15 is 0 Å². The standard InChI is InChI=1S/C13H12N2O2S/c1-8-10(9-5-3-2-4-6-9)7-11-13-12(8)15-17-18(13)16-14-11/h2-6,8,10H,7H2,1H3. The van der Waals surface area contributed by atoms with Crippen molar-refractivity contribution in [2.75, 3.05) is 0 Å². The van der Waals surface area contributed by atoms with Crippen molar-refractivity contribution in [2.24, 2.45) is 16.2 Å². The highest BCUT2D eigenvalue weighted by molar-refractivity contribution is 8.10. The second-order valence-corrected chi connectivity index (χ2v) is 5.91. The van der Waals surface area contributed by atoms with Crippen LogP contribution >= 0.6 is 11.0 Å². The van der Waals surface area contributed by atoms with Gasteiger partial charge >= 0.3 is 0 Å². The van der Waals surface area contributed by atoms with Gasteiger partial charge in [0.25, 0.3) is 0 Å². The van der Waals surface area contributed by atoms with Crippen LogP contribution < -0.4 is 0 Å². The van der Waals surface area contributed by atoms with Crippen molar-refractivity contribution < 1.29 is 8.57 Å². The second kappa shape index (κ2) is 3.68. The third kappa shape index (κ3) is 1.31.